The van der Waals surface area contributed by atoms with Gasteiger partial charge in [-0.2, -0.15) is 10.1 Å². The van der Waals surface area contributed by atoms with Gasteiger partial charge < -0.3 is 9.42 Å². The molecule has 8 heteroatoms. The Labute approximate surface area is 144 Å². The van der Waals surface area contributed by atoms with Gasteiger partial charge in [-0.05, 0) is 25.3 Å². The summed E-state index contributed by atoms with van der Waals surface area (Å²) in [6.07, 6.45) is 6.75. The molecule has 1 amide bonds. The van der Waals surface area contributed by atoms with Gasteiger partial charge in [-0.1, -0.05) is 12.1 Å². The Morgan fingerprint density at radius 2 is 2.28 bits per heavy atom. The van der Waals surface area contributed by atoms with Crippen molar-refractivity contribution in [1.82, 2.24) is 29.6 Å². The van der Waals surface area contributed by atoms with E-state index in [9.17, 15) is 4.79 Å². The lowest BCUT2D eigenvalue weighted by atomic mass is 9.97. The van der Waals surface area contributed by atoms with Crippen LogP contribution in [0.15, 0.2) is 29.0 Å². The zero-order chi connectivity index (χ0) is 17.2. The Bertz CT molecular complexity index is 886. The van der Waals surface area contributed by atoms with E-state index >= 15 is 0 Å². The number of rotatable bonds is 4. The Morgan fingerprint density at radius 3 is 3.16 bits per heavy atom. The van der Waals surface area contributed by atoms with Crippen molar-refractivity contribution in [3.8, 4) is 11.5 Å². The van der Waals surface area contributed by atoms with Crippen LogP contribution in [0.2, 0.25) is 0 Å². The van der Waals surface area contributed by atoms with Gasteiger partial charge in [0.1, 0.15) is 5.69 Å². The Balaban J connectivity index is 1.57. The van der Waals surface area contributed by atoms with Crippen molar-refractivity contribution in [1.29, 1.82) is 0 Å². The summed E-state index contributed by atoms with van der Waals surface area (Å²) in [5.41, 5.74) is 1.47. The summed E-state index contributed by atoms with van der Waals surface area (Å²) in [4.78, 5) is 22.9. The minimum atomic E-state index is 0.0887. The second kappa shape index (κ2) is 6.62. The van der Waals surface area contributed by atoms with E-state index in [1.54, 1.807) is 16.9 Å². The van der Waals surface area contributed by atoms with Gasteiger partial charge >= 0.3 is 0 Å². The van der Waals surface area contributed by atoms with Gasteiger partial charge in [0.15, 0.2) is 5.65 Å². The fraction of sp³-hybridized carbons (Fsp3) is 0.471. The molecule has 1 saturated heterocycles. The summed E-state index contributed by atoms with van der Waals surface area (Å²) in [5.74, 6) is 1.37. The van der Waals surface area contributed by atoms with E-state index in [1.165, 1.54) is 0 Å². The number of aromatic nitrogens is 5. The van der Waals surface area contributed by atoms with Gasteiger partial charge in [0, 0.05) is 31.8 Å². The van der Waals surface area contributed by atoms with Crippen LogP contribution in [-0.4, -0.2) is 48.6 Å². The molecule has 0 N–H and O–H groups in total. The predicted molar refractivity (Wildman–Crippen MR) is 89.7 cm³/mol. The van der Waals surface area contributed by atoms with Gasteiger partial charge in [0.25, 0.3) is 0 Å². The van der Waals surface area contributed by atoms with Crippen molar-refractivity contribution in [2.45, 2.75) is 38.5 Å². The van der Waals surface area contributed by atoms with Gasteiger partial charge in [-0.25, -0.2) is 9.50 Å². The summed E-state index contributed by atoms with van der Waals surface area (Å²) in [5, 5.41) is 8.37. The second-order valence-corrected chi connectivity index (χ2v) is 6.32. The molecule has 3 aromatic rings. The van der Waals surface area contributed by atoms with E-state index in [1.807, 2.05) is 24.0 Å². The highest BCUT2D eigenvalue weighted by Crippen LogP contribution is 2.28. The average molecular weight is 340 g/mol. The summed E-state index contributed by atoms with van der Waals surface area (Å²) in [6, 6.07) is 3.63. The number of fused-ring (bicyclic) bond motifs is 1. The molecule has 25 heavy (non-hydrogen) atoms. The van der Waals surface area contributed by atoms with Crippen molar-refractivity contribution in [2.75, 3.05) is 13.1 Å². The Kier molecular flexibility index (Phi) is 4.17. The normalized spacial score (nSPS) is 18.0. The first kappa shape index (κ1) is 15.7. The number of carbonyl (C=O) groups is 1. The topological polar surface area (TPSA) is 89.4 Å². The van der Waals surface area contributed by atoms with Gasteiger partial charge in [0.05, 0.1) is 12.1 Å². The molecule has 0 bridgehead atoms. The van der Waals surface area contributed by atoms with Crippen molar-refractivity contribution in [2.24, 2.45) is 0 Å². The van der Waals surface area contributed by atoms with Crippen molar-refractivity contribution < 1.29 is 9.32 Å². The molecular weight excluding hydrogens is 320 g/mol. The lowest BCUT2D eigenvalue weighted by Gasteiger charge is -2.31. The average Bonchev–Trinajstić information content (AvgIpc) is 3.31. The number of hydrogen-bond acceptors (Lipinski definition) is 6. The van der Waals surface area contributed by atoms with Crippen LogP contribution in [0.25, 0.3) is 17.2 Å². The predicted octanol–water partition coefficient (Wildman–Crippen LogP) is 2.29. The van der Waals surface area contributed by atoms with Crippen molar-refractivity contribution >= 4 is 11.6 Å². The molecule has 0 aromatic carbocycles. The maximum absolute atomic E-state index is 12.2. The van der Waals surface area contributed by atoms with Crippen LogP contribution in [0.3, 0.4) is 0 Å². The summed E-state index contributed by atoms with van der Waals surface area (Å²) < 4.78 is 7.20. The van der Waals surface area contributed by atoms with Crippen LogP contribution in [0.1, 0.15) is 44.4 Å². The molecule has 8 nitrogen and oxygen atoms in total. The highest BCUT2D eigenvalue weighted by molar-refractivity contribution is 5.76. The first-order valence-electron chi connectivity index (χ1n) is 8.66. The number of amides is 1. The van der Waals surface area contributed by atoms with Gasteiger partial charge in [-0.3, -0.25) is 4.79 Å². The van der Waals surface area contributed by atoms with Crippen LogP contribution in [0, 0.1) is 0 Å². The maximum Gasteiger partial charge on any atom is 0.231 e. The zero-order valence-corrected chi connectivity index (χ0v) is 14.1. The molecular formula is C17H20N6O2. The third-order valence-corrected chi connectivity index (χ3v) is 4.55. The molecule has 0 saturated carbocycles. The first-order chi connectivity index (χ1) is 12.3. The smallest absolute Gasteiger partial charge is 0.231 e. The molecule has 1 unspecified atom stereocenters. The Hall–Kier alpha value is -2.77. The molecule has 1 aliphatic rings. The van der Waals surface area contributed by atoms with Crippen LogP contribution in [-0.2, 0) is 4.79 Å². The molecule has 1 atom stereocenters. The fourth-order valence-electron chi connectivity index (χ4n) is 3.29. The quantitative estimate of drug-likeness (QED) is 0.724. The highest BCUT2D eigenvalue weighted by Gasteiger charge is 2.28. The van der Waals surface area contributed by atoms with Crippen LogP contribution in [0.5, 0.6) is 0 Å². The first-order valence-corrected chi connectivity index (χ1v) is 8.66. The molecule has 0 radical (unpaired) electrons. The summed E-state index contributed by atoms with van der Waals surface area (Å²) in [7, 11) is 0. The molecule has 4 rings (SSSR count). The zero-order valence-electron chi connectivity index (χ0n) is 14.1. The molecule has 1 fully saturated rings. The second-order valence-electron chi connectivity index (χ2n) is 6.32. The van der Waals surface area contributed by atoms with E-state index < -0.39 is 0 Å². The minimum absolute atomic E-state index is 0.0887. The number of likely N-dealkylation sites (tertiary alicyclic amines) is 1. The third kappa shape index (κ3) is 2.99. The molecule has 0 spiro atoms. The standard InChI is InChI=1S/C17H20N6O2/c1-2-4-15(24)22-10-3-5-12(11-22)17-20-16(21-25-17)13-6-8-18-14-7-9-19-23(13)14/h6-9,12H,2-5,10-11H2,1H3. The van der Waals surface area contributed by atoms with Crippen molar-refractivity contribution in [3.63, 3.8) is 0 Å². The van der Waals surface area contributed by atoms with Crippen LogP contribution < -0.4 is 0 Å². The SMILES string of the molecule is CCCC(=O)N1CCCC(c2nc(-c3ccnc4ccnn34)no2)C1. The van der Waals surface area contributed by atoms with Gasteiger partial charge in [-0.15, -0.1) is 0 Å². The monoisotopic (exact) mass is 340 g/mol. The molecule has 0 aliphatic carbocycles. The Morgan fingerprint density at radius 1 is 1.36 bits per heavy atom. The fourth-order valence-corrected chi connectivity index (χ4v) is 3.29. The van der Waals surface area contributed by atoms with Crippen LogP contribution in [0.4, 0.5) is 0 Å². The lowest BCUT2D eigenvalue weighted by Crippen LogP contribution is -2.39. The molecule has 3 aromatic heterocycles. The summed E-state index contributed by atoms with van der Waals surface area (Å²) >= 11 is 0. The summed E-state index contributed by atoms with van der Waals surface area (Å²) in [6.45, 7) is 3.48. The minimum Gasteiger partial charge on any atom is -0.342 e. The molecule has 1 aliphatic heterocycles. The van der Waals surface area contributed by atoms with E-state index in [0.717, 1.165) is 37.1 Å². The number of carbonyl (C=O) groups excluding carboxylic acids is 1. The largest absolute Gasteiger partial charge is 0.342 e. The number of hydrogen-bond donors (Lipinski definition) is 0. The third-order valence-electron chi connectivity index (χ3n) is 4.55. The van der Waals surface area contributed by atoms with Crippen LogP contribution >= 0.6 is 0 Å². The molecule has 130 valence electrons. The van der Waals surface area contributed by atoms with Crippen molar-refractivity contribution in [3.05, 3.63) is 30.4 Å². The number of piperidine rings is 1. The van der Waals surface area contributed by atoms with E-state index in [0.29, 0.717) is 24.7 Å². The highest BCUT2D eigenvalue weighted by atomic mass is 16.5. The van der Waals surface area contributed by atoms with Gasteiger partial charge in [0.2, 0.25) is 17.6 Å². The van der Waals surface area contributed by atoms with E-state index in [4.69, 9.17) is 4.52 Å². The maximum atomic E-state index is 12.2. The lowest BCUT2D eigenvalue weighted by molar-refractivity contribution is -0.132. The molecule has 4 heterocycles. The van der Waals surface area contributed by atoms with E-state index in [2.05, 4.69) is 20.2 Å². The number of nitrogens with zero attached hydrogens (tertiary/aromatic N) is 6. The van der Waals surface area contributed by atoms with E-state index in [-0.39, 0.29) is 11.8 Å².